The standard InChI is InChI=1S/C17H18N2O2S2/c18-10-14-3-1-4-15(9-14)11-19(12-17-5-2-7-22-17)16-6-8-23(20,21)13-16/h1-5,7,9,16H,6,8,11-13H2/t16-/m1/s1. The molecule has 0 unspecified atom stereocenters. The van der Waals surface area contributed by atoms with Crippen LogP contribution in [-0.4, -0.2) is 30.9 Å². The van der Waals surface area contributed by atoms with E-state index in [9.17, 15) is 8.42 Å². The first kappa shape index (κ1) is 16.2. The van der Waals surface area contributed by atoms with E-state index in [0.29, 0.717) is 18.5 Å². The minimum atomic E-state index is -2.92. The number of nitrogens with zero attached hydrogens (tertiary/aromatic N) is 2. The van der Waals surface area contributed by atoms with Gasteiger partial charge in [0.05, 0.1) is 23.1 Å². The topological polar surface area (TPSA) is 61.2 Å². The maximum Gasteiger partial charge on any atom is 0.151 e. The van der Waals surface area contributed by atoms with E-state index in [4.69, 9.17) is 5.26 Å². The summed E-state index contributed by atoms with van der Waals surface area (Å²) < 4.78 is 23.7. The van der Waals surface area contributed by atoms with Gasteiger partial charge in [-0.2, -0.15) is 5.26 Å². The fourth-order valence-electron chi connectivity index (χ4n) is 2.95. The minimum absolute atomic E-state index is 0.0489. The van der Waals surface area contributed by atoms with Gasteiger partial charge < -0.3 is 0 Å². The summed E-state index contributed by atoms with van der Waals surface area (Å²) in [4.78, 5) is 3.46. The lowest BCUT2D eigenvalue weighted by atomic mass is 10.1. The van der Waals surface area contributed by atoms with E-state index in [-0.39, 0.29) is 17.5 Å². The van der Waals surface area contributed by atoms with Crippen LogP contribution in [0.25, 0.3) is 0 Å². The number of rotatable bonds is 5. The molecule has 120 valence electrons. The van der Waals surface area contributed by atoms with E-state index in [1.165, 1.54) is 4.88 Å². The molecule has 1 saturated heterocycles. The summed E-state index contributed by atoms with van der Waals surface area (Å²) in [7, 11) is -2.92. The normalized spacial score (nSPS) is 19.7. The van der Waals surface area contributed by atoms with Crippen molar-refractivity contribution in [3.8, 4) is 6.07 Å². The van der Waals surface area contributed by atoms with Crippen LogP contribution in [0, 0.1) is 11.3 Å². The van der Waals surface area contributed by atoms with Gasteiger partial charge in [-0.05, 0) is 35.6 Å². The van der Waals surface area contributed by atoms with Gasteiger partial charge in [-0.3, -0.25) is 4.90 Å². The van der Waals surface area contributed by atoms with Gasteiger partial charge in [-0.15, -0.1) is 11.3 Å². The maximum absolute atomic E-state index is 11.8. The van der Waals surface area contributed by atoms with Crippen LogP contribution in [-0.2, 0) is 22.9 Å². The average Bonchev–Trinajstić information content (AvgIpc) is 3.16. The first-order valence-corrected chi connectivity index (χ1v) is 10.2. The van der Waals surface area contributed by atoms with Crippen molar-refractivity contribution in [3.05, 3.63) is 57.8 Å². The van der Waals surface area contributed by atoms with Gasteiger partial charge in [-0.25, -0.2) is 8.42 Å². The Morgan fingerprint density at radius 1 is 1.26 bits per heavy atom. The SMILES string of the molecule is N#Cc1cccc(CN(Cc2cccs2)[C@@H]2CCS(=O)(=O)C2)c1. The number of sulfone groups is 1. The monoisotopic (exact) mass is 346 g/mol. The first-order chi connectivity index (χ1) is 11.1. The lowest BCUT2D eigenvalue weighted by Crippen LogP contribution is -2.35. The molecule has 0 amide bonds. The third-order valence-corrected chi connectivity index (χ3v) is 6.72. The van der Waals surface area contributed by atoms with Crippen LogP contribution in [0.1, 0.15) is 22.4 Å². The predicted octanol–water partition coefficient (Wildman–Crippen LogP) is 2.81. The summed E-state index contributed by atoms with van der Waals surface area (Å²) in [5.41, 5.74) is 1.68. The summed E-state index contributed by atoms with van der Waals surface area (Å²) in [6.45, 7) is 1.41. The summed E-state index contributed by atoms with van der Waals surface area (Å²) in [5.74, 6) is 0.507. The van der Waals surface area contributed by atoms with Gasteiger partial charge >= 0.3 is 0 Å². The molecule has 3 rings (SSSR count). The van der Waals surface area contributed by atoms with Crippen molar-refractivity contribution in [1.82, 2.24) is 4.90 Å². The van der Waals surface area contributed by atoms with Crippen LogP contribution in [0.3, 0.4) is 0 Å². The Bertz CT molecular complexity index is 807. The van der Waals surface area contributed by atoms with Crippen molar-refractivity contribution >= 4 is 21.2 Å². The van der Waals surface area contributed by atoms with Crippen molar-refractivity contribution < 1.29 is 8.42 Å². The van der Waals surface area contributed by atoms with E-state index in [2.05, 4.69) is 17.0 Å². The van der Waals surface area contributed by atoms with E-state index in [1.807, 2.05) is 29.6 Å². The van der Waals surface area contributed by atoms with Gasteiger partial charge in [0.15, 0.2) is 9.84 Å². The summed E-state index contributed by atoms with van der Waals surface area (Å²) in [6.07, 6.45) is 0.686. The molecule has 1 aliphatic rings. The second-order valence-electron chi connectivity index (χ2n) is 5.85. The highest BCUT2D eigenvalue weighted by molar-refractivity contribution is 7.91. The van der Waals surface area contributed by atoms with Crippen LogP contribution in [0.4, 0.5) is 0 Å². The molecule has 0 spiro atoms. The molecule has 23 heavy (non-hydrogen) atoms. The van der Waals surface area contributed by atoms with Crippen LogP contribution >= 0.6 is 11.3 Å². The molecule has 0 aliphatic carbocycles. The Morgan fingerprint density at radius 2 is 2.13 bits per heavy atom. The smallest absolute Gasteiger partial charge is 0.151 e. The number of nitriles is 1. The Morgan fingerprint density at radius 3 is 2.78 bits per heavy atom. The van der Waals surface area contributed by atoms with Crippen LogP contribution in [0.2, 0.25) is 0 Å². The fraction of sp³-hybridized carbons (Fsp3) is 0.353. The zero-order valence-corrected chi connectivity index (χ0v) is 14.3. The molecular formula is C17H18N2O2S2. The lowest BCUT2D eigenvalue weighted by molar-refractivity contribution is 0.196. The number of benzene rings is 1. The molecule has 0 bridgehead atoms. The third kappa shape index (κ3) is 4.20. The second-order valence-corrected chi connectivity index (χ2v) is 9.11. The van der Waals surface area contributed by atoms with Crippen LogP contribution < -0.4 is 0 Å². The van der Waals surface area contributed by atoms with Crippen molar-refractivity contribution in [1.29, 1.82) is 5.26 Å². The minimum Gasteiger partial charge on any atom is -0.290 e. The lowest BCUT2D eigenvalue weighted by Gasteiger charge is -2.27. The molecule has 4 nitrogen and oxygen atoms in total. The number of thiophene rings is 1. The van der Waals surface area contributed by atoms with Crippen molar-refractivity contribution in [2.75, 3.05) is 11.5 Å². The largest absolute Gasteiger partial charge is 0.290 e. The zero-order valence-electron chi connectivity index (χ0n) is 12.7. The predicted molar refractivity (Wildman–Crippen MR) is 91.8 cm³/mol. The zero-order chi connectivity index (χ0) is 16.3. The van der Waals surface area contributed by atoms with E-state index >= 15 is 0 Å². The third-order valence-electron chi connectivity index (χ3n) is 4.11. The molecular weight excluding hydrogens is 328 g/mol. The van der Waals surface area contributed by atoms with Gasteiger partial charge in [-0.1, -0.05) is 18.2 Å². The first-order valence-electron chi connectivity index (χ1n) is 7.52. The molecule has 0 saturated carbocycles. The Labute approximate surface area is 140 Å². The summed E-state index contributed by atoms with van der Waals surface area (Å²) in [6, 6.07) is 13.8. The second kappa shape index (κ2) is 6.83. The van der Waals surface area contributed by atoms with E-state index in [1.54, 1.807) is 17.4 Å². The van der Waals surface area contributed by atoms with E-state index < -0.39 is 9.84 Å². The molecule has 1 aliphatic heterocycles. The van der Waals surface area contributed by atoms with Crippen molar-refractivity contribution in [2.24, 2.45) is 0 Å². The van der Waals surface area contributed by atoms with Gasteiger partial charge in [0.2, 0.25) is 0 Å². The van der Waals surface area contributed by atoms with Gasteiger partial charge in [0.1, 0.15) is 0 Å². The van der Waals surface area contributed by atoms with Gasteiger partial charge in [0.25, 0.3) is 0 Å². The highest BCUT2D eigenvalue weighted by Crippen LogP contribution is 2.24. The maximum atomic E-state index is 11.8. The quantitative estimate of drug-likeness (QED) is 0.835. The molecule has 1 fully saturated rings. The Kier molecular flexibility index (Phi) is 4.81. The van der Waals surface area contributed by atoms with Crippen LogP contribution in [0.5, 0.6) is 0 Å². The van der Waals surface area contributed by atoms with Crippen molar-refractivity contribution in [2.45, 2.75) is 25.6 Å². The highest BCUT2D eigenvalue weighted by atomic mass is 32.2. The molecule has 1 aromatic carbocycles. The fourth-order valence-corrected chi connectivity index (χ4v) is 5.44. The average molecular weight is 346 g/mol. The molecule has 2 aromatic rings. The van der Waals surface area contributed by atoms with E-state index in [0.717, 1.165) is 12.1 Å². The molecule has 0 radical (unpaired) electrons. The molecule has 1 aromatic heterocycles. The molecule has 1 atom stereocenters. The molecule has 6 heteroatoms. The Hall–Kier alpha value is -1.68. The van der Waals surface area contributed by atoms with Crippen molar-refractivity contribution in [3.63, 3.8) is 0 Å². The summed E-state index contributed by atoms with van der Waals surface area (Å²) in [5, 5.41) is 11.1. The summed E-state index contributed by atoms with van der Waals surface area (Å²) >= 11 is 1.68. The molecule has 2 heterocycles. The van der Waals surface area contributed by atoms with Crippen LogP contribution in [0.15, 0.2) is 41.8 Å². The Balaban J connectivity index is 1.81. The number of hydrogen-bond donors (Lipinski definition) is 0. The number of hydrogen-bond acceptors (Lipinski definition) is 5. The highest BCUT2D eigenvalue weighted by Gasteiger charge is 2.32. The van der Waals surface area contributed by atoms with Gasteiger partial charge in [0, 0.05) is 24.0 Å². The molecule has 0 N–H and O–H groups in total.